The zero-order valence-corrected chi connectivity index (χ0v) is 3.51. The molecule has 0 rings (SSSR count). The zero-order valence-electron chi connectivity index (χ0n) is 2.76. The van der Waals surface area contributed by atoms with E-state index in [0.717, 1.165) is 0 Å². The Kier molecular flexibility index (Phi) is 2.34. The second-order valence-electron chi connectivity index (χ2n) is 0.545. The topological polar surface area (TPSA) is 33.8 Å². The van der Waals surface area contributed by atoms with E-state index in [1.54, 1.807) is 0 Å². The van der Waals surface area contributed by atoms with E-state index in [4.69, 9.17) is 23.1 Å². The first-order valence-corrected chi connectivity index (χ1v) is 1.58. The van der Waals surface area contributed by atoms with Gasteiger partial charge >= 0.3 is 5.62 Å². The van der Waals surface area contributed by atoms with Crippen LogP contribution in [0.25, 0.3) is 4.85 Å². The van der Waals surface area contributed by atoms with Crippen LogP contribution in [0, 0.1) is 11.5 Å². The Labute approximate surface area is 39.7 Å². The number of halogens is 1. The lowest BCUT2D eigenvalue weighted by molar-refractivity contribution is 1.12. The van der Waals surface area contributed by atoms with Gasteiger partial charge in [0.2, 0.25) is 0 Å². The minimum Gasteiger partial charge on any atom is -0.268 e. The van der Waals surface area contributed by atoms with Gasteiger partial charge in [-0.15, -0.1) is 4.91 Å². The molecule has 0 saturated carbocycles. The molecule has 0 bridgehead atoms. The quantitative estimate of drug-likeness (QED) is 0.213. The SMILES string of the molecule is [C-]#[N+]C(Cl)N=O. The fraction of sp³-hybridized carbons (Fsp3) is 0.500. The average molecular weight is 104 g/mol. The minimum atomic E-state index is -1.23. The van der Waals surface area contributed by atoms with E-state index >= 15 is 0 Å². The Morgan fingerprint density at radius 1 is 2.00 bits per heavy atom. The molecule has 0 aromatic rings. The molecule has 0 fully saturated rings. The van der Waals surface area contributed by atoms with Crippen molar-refractivity contribution in [3.63, 3.8) is 0 Å². The van der Waals surface area contributed by atoms with Gasteiger partial charge < -0.3 is 0 Å². The van der Waals surface area contributed by atoms with E-state index in [9.17, 15) is 0 Å². The molecule has 0 saturated heterocycles. The Balaban J connectivity index is 3.30. The van der Waals surface area contributed by atoms with E-state index < -0.39 is 5.62 Å². The predicted molar refractivity (Wildman–Crippen MR) is 22.0 cm³/mol. The summed E-state index contributed by atoms with van der Waals surface area (Å²) in [7, 11) is 0. The lowest BCUT2D eigenvalue weighted by Crippen LogP contribution is -1.75. The molecule has 0 aromatic carbocycles. The molecule has 0 aliphatic heterocycles. The van der Waals surface area contributed by atoms with E-state index in [2.05, 4.69) is 10.0 Å². The van der Waals surface area contributed by atoms with Crippen LogP contribution in [0.1, 0.15) is 0 Å². The highest BCUT2D eigenvalue weighted by molar-refractivity contribution is 6.21. The van der Waals surface area contributed by atoms with Gasteiger partial charge in [0.25, 0.3) is 0 Å². The molecular weight excluding hydrogens is 103 g/mol. The summed E-state index contributed by atoms with van der Waals surface area (Å²) in [5.74, 6) is 0. The van der Waals surface area contributed by atoms with Crippen molar-refractivity contribution in [3.8, 4) is 0 Å². The van der Waals surface area contributed by atoms with Crippen LogP contribution in [0.5, 0.6) is 0 Å². The lowest BCUT2D eigenvalue weighted by Gasteiger charge is -1.70. The first-order chi connectivity index (χ1) is 2.81. The summed E-state index contributed by atoms with van der Waals surface area (Å²) in [5, 5.41) is 2.17. The molecule has 4 heteroatoms. The molecule has 0 heterocycles. The van der Waals surface area contributed by atoms with Crippen molar-refractivity contribution in [2.75, 3.05) is 0 Å². The van der Waals surface area contributed by atoms with Gasteiger partial charge in [0.1, 0.15) is 0 Å². The van der Waals surface area contributed by atoms with Crippen molar-refractivity contribution in [1.82, 2.24) is 0 Å². The Morgan fingerprint density at radius 2 is 2.50 bits per heavy atom. The predicted octanol–water partition coefficient (Wildman–Crippen LogP) is 1.19. The Bertz CT molecular complexity index is 86.0. The van der Waals surface area contributed by atoms with Crippen LogP contribution < -0.4 is 0 Å². The summed E-state index contributed by atoms with van der Waals surface area (Å²) in [5.41, 5.74) is -1.23. The lowest BCUT2D eigenvalue weighted by atomic mass is 11.2. The molecule has 3 nitrogen and oxygen atoms in total. The molecule has 0 aromatic heterocycles. The second-order valence-corrected chi connectivity index (χ2v) is 0.936. The maximum absolute atomic E-state index is 9.14. The first kappa shape index (κ1) is 5.38. The van der Waals surface area contributed by atoms with E-state index in [-0.39, 0.29) is 0 Å². The summed E-state index contributed by atoms with van der Waals surface area (Å²) < 4.78 is 0. The molecule has 1 unspecified atom stereocenters. The number of rotatable bonds is 1. The van der Waals surface area contributed by atoms with E-state index in [0.29, 0.717) is 0 Å². The highest BCUT2D eigenvalue weighted by atomic mass is 35.5. The number of nitrogens with zero attached hydrogens (tertiary/aromatic N) is 2. The van der Waals surface area contributed by atoms with Gasteiger partial charge in [-0.3, -0.25) is 4.85 Å². The molecule has 0 amide bonds. The number of hydrogen-bond acceptors (Lipinski definition) is 2. The van der Waals surface area contributed by atoms with Gasteiger partial charge in [-0.25, -0.2) is 6.57 Å². The molecule has 0 radical (unpaired) electrons. The van der Waals surface area contributed by atoms with Crippen molar-refractivity contribution >= 4 is 11.6 Å². The van der Waals surface area contributed by atoms with Gasteiger partial charge in [0.05, 0.1) is 0 Å². The first-order valence-electron chi connectivity index (χ1n) is 1.14. The molecule has 0 N–H and O–H groups in total. The molecule has 0 aliphatic carbocycles. The highest BCUT2D eigenvalue weighted by Crippen LogP contribution is 1.94. The third-order valence-electron chi connectivity index (χ3n) is 0.194. The molecule has 32 valence electrons. The molecule has 0 spiro atoms. The number of nitroso groups, excluding NO2 is 1. The van der Waals surface area contributed by atoms with Crippen LogP contribution in [-0.4, -0.2) is 5.62 Å². The Morgan fingerprint density at radius 3 is 2.50 bits per heavy atom. The van der Waals surface area contributed by atoms with Gasteiger partial charge in [-0.05, 0) is 11.6 Å². The Hall–Kier alpha value is -0.620. The largest absolute Gasteiger partial charge is 0.427 e. The molecule has 0 aliphatic rings. The maximum atomic E-state index is 9.14. The number of hydrogen-bond donors (Lipinski definition) is 0. The number of alkyl halides is 1. The van der Waals surface area contributed by atoms with Crippen molar-refractivity contribution in [1.29, 1.82) is 0 Å². The fourth-order valence-electron chi connectivity index (χ4n) is 0.0236. The summed E-state index contributed by atoms with van der Waals surface area (Å²) in [6.07, 6.45) is 0. The molecule has 6 heavy (non-hydrogen) atoms. The second kappa shape index (κ2) is 2.61. The van der Waals surface area contributed by atoms with Crippen molar-refractivity contribution in [2.24, 2.45) is 5.18 Å². The summed E-state index contributed by atoms with van der Waals surface area (Å²) in [6, 6.07) is 0. The van der Waals surface area contributed by atoms with Crippen LogP contribution >= 0.6 is 11.6 Å². The molecule has 1 atom stereocenters. The third-order valence-corrected chi connectivity index (χ3v) is 0.371. The molecular formula is C2HClN2O. The van der Waals surface area contributed by atoms with E-state index in [1.165, 1.54) is 0 Å². The van der Waals surface area contributed by atoms with Crippen LogP contribution in [0.3, 0.4) is 0 Å². The van der Waals surface area contributed by atoms with Crippen molar-refractivity contribution in [3.05, 3.63) is 16.3 Å². The van der Waals surface area contributed by atoms with Crippen LogP contribution in [0.4, 0.5) is 0 Å². The van der Waals surface area contributed by atoms with Gasteiger partial charge in [0, 0.05) is 5.18 Å². The summed E-state index contributed by atoms with van der Waals surface area (Å²) in [6.45, 7) is 6.01. The van der Waals surface area contributed by atoms with Gasteiger partial charge in [-0.2, -0.15) is 0 Å². The average Bonchev–Trinajstić information content (AvgIpc) is 1.65. The van der Waals surface area contributed by atoms with Crippen LogP contribution in [-0.2, 0) is 0 Å². The zero-order chi connectivity index (χ0) is 4.99. The van der Waals surface area contributed by atoms with E-state index in [1.807, 2.05) is 0 Å². The fourth-order valence-corrected chi connectivity index (χ4v) is 0.0236. The normalized spacial score (nSPS) is 12.0. The standard InChI is InChI=1S/C2HClN2O/c1-4-2(3)5-6/h2H. The highest BCUT2D eigenvalue weighted by Gasteiger charge is 1.99. The minimum absolute atomic E-state index is 1.23. The van der Waals surface area contributed by atoms with Gasteiger partial charge in [0.15, 0.2) is 0 Å². The van der Waals surface area contributed by atoms with Crippen LogP contribution in [0.15, 0.2) is 5.18 Å². The third kappa shape index (κ3) is 1.68. The van der Waals surface area contributed by atoms with Gasteiger partial charge in [-0.1, -0.05) is 0 Å². The smallest absolute Gasteiger partial charge is 0.268 e. The van der Waals surface area contributed by atoms with Crippen molar-refractivity contribution < 1.29 is 0 Å². The summed E-state index contributed by atoms with van der Waals surface area (Å²) in [4.78, 5) is 11.7. The monoisotopic (exact) mass is 104 g/mol. The maximum Gasteiger partial charge on any atom is 0.427 e. The summed E-state index contributed by atoms with van der Waals surface area (Å²) >= 11 is 4.82. The van der Waals surface area contributed by atoms with Crippen LogP contribution in [0.2, 0.25) is 0 Å². The van der Waals surface area contributed by atoms with Crippen molar-refractivity contribution in [2.45, 2.75) is 5.62 Å².